The van der Waals surface area contributed by atoms with Crippen LogP contribution >= 0.6 is 0 Å². The van der Waals surface area contributed by atoms with Crippen LogP contribution in [0.15, 0.2) is 48.5 Å². The lowest BCUT2D eigenvalue weighted by atomic mass is 10.3. The van der Waals surface area contributed by atoms with Crippen LogP contribution in [0.1, 0.15) is 5.82 Å². The SMILES string of the molecule is Cc1nc2ccccc2n1CCNc1ccc([N+](=O)[O-])cc1. The highest BCUT2D eigenvalue weighted by Crippen LogP contribution is 2.17. The molecule has 2 aromatic carbocycles. The minimum Gasteiger partial charge on any atom is -0.383 e. The molecule has 6 nitrogen and oxygen atoms in total. The highest BCUT2D eigenvalue weighted by molar-refractivity contribution is 5.75. The molecular weight excluding hydrogens is 280 g/mol. The van der Waals surface area contributed by atoms with Crippen molar-refractivity contribution in [2.24, 2.45) is 0 Å². The number of imidazole rings is 1. The summed E-state index contributed by atoms with van der Waals surface area (Å²) in [6, 6.07) is 14.5. The maximum atomic E-state index is 10.6. The summed E-state index contributed by atoms with van der Waals surface area (Å²) < 4.78 is 2.16. The number of nitro benzene ring substituents is 1. The van der Waals surface area contributed by atoms with Gasteiger partial charge >= 0.3 is 0 Å². The number of fused-ring (bicyclic) bond motifs is 1. The Morgan fingerprint density at radius 1 is 1.18 bits per heavy atom. The van der Waals surface area contributed by atoms with Gasteiger partial charge in [0.05, 0.1) is 16.0 Å². The number of non-ortho nitro benzene ring substituents is 1. The van der Waals surface area contributed by atoms with Gasteiger partial charge in [-0.05, 0) is 31.2 Å². The lowest BCUT2D eigenvalue weighted by Gasteiger charge is -2.09. The molecule has 0 atom stereocenters. The van der Waals surface area contributed by atoms with Gasteiger partial charge in [-0.25, -0.2) is 4.98 Å². The highest BCUT2D eigenvalue weighted by Gasteiger charge is 2.06. The molecule has 6 heteroatoms. The van der Waals surface area contributed by atoms with Gasteiger partial charge in [-0.3, -0.25) is 10.1 Å². The van der Waals surface area contributed by atoms with Crippen molar-refractivity contribution < 1.29 is 4.92 Å². The summed E-state index contributed by atoms with van der Waals surface area (Å²) in [4.78, 5) is 14.8. The Balaban J connectivity index is 1.67. The predicted octanol–water partition coefficient (Wildman–Crippen LogP) is 3.37. The number of nitrogens with one attached hydrogen (secondary N) is 1. The molecule has 0 radical (unpaired) electrons. The molecule has 22 heavy (non-hydrogen) atoms. The van der Waals surface area contributed by atoms with Crippen LogP contribution in [-0.2, 0) is 6.54 Å². The van der Waals surface area contributed by atoms with Gasteiger partial charge in [-0.15, -0.1) is 0 Å². The Morgan fingerprint density at radius 3 is 2.64 bits per heavy atom. The first-order valence-electron chi connectivity index (χ1n) is 7.05. The molecule has 1 aromatic heterocycles. The van der Waals surface area contributed by atoms with Crippen molar-refractivity contribution in [1.29, 1.82) is 0 Å². The first-order chi connectivity index (χ1) is 10.6. The third-order valence-electron chi connectivity index (χ3n) is 3.59. The van der Waals surface area contributed by atoms with Gasteiger partial charge in [0, 0.05) is 30.9 Å². The van der Waals surface area contributed by atoms with Crippen molar-refractivity contribution in [3.8, 4) is 0 Å². The molecule has 0 aliphatic rings. The van der Waals surface area contributed by atoms with Gasteiger partial charge in [0.2, 0.25) is 0 Å². The number of benzene rings is 2. The third-order valence-corrected chi connectivity index (χ3v) is 3.59. The lowest BCUT2D eigenvalue weighted by Crippen LogP contribution is -2.11. The van der Waals surface area contributed by atoms with Crippen LogP contribution < -0.4 is 5.32 Å². The molecule has 0 saturated carbocycles. The minimum absolute atomic E-state index is 0.0991. The second-order valence-corrected chi connectivity index (χ2v) is 5.03. The summed E-state index contributed by atoms with van der Waals surface area (Å²) in [5, 5.41) is 13.9. The number of anilines is 1. The summed E-state index contributed by atoms with van der Waals surface area (Å²) in [5.41, 5.74) is 3.08. The molecule has 3 rings (SSSR count). The summed E-state index contributed by atoms with van der Waals surface area (Å²) >= 11 is 0. The first-order valence-corrected chi connectivity index (χ1v) is 7.05. The molecule has 0 spiro atoms. The van der Waals surface area contributed by atoms with Crippen LogP contribution in [0.3, 0.4) is 0 Å². The van der Waals surface area contributed by atoms with Crippen LogP contribution in [0.5, 0.6) is 0 Å². The van der Waals surface area contributed by atoms with E-state index in [-0.39, 0.29) is 5.69 Å². The first kappa shape index (κ1) is 14.1. The molecular formula is C16H16N4O2. The maximum absolute atomic E-state index is 10.6. The fourth-order valence-corrected chi connectivity index (χ4v) is 2.49. The van der Waals surface area contributed by atoms with Crippen molar-refractivity contribution in [3.05, 3.63) is 64.5 Å². The molecule has 0 saturated heterocycles. The average molecular weight is 296 g/mol. The van der Waals surface area contributed by atoms with E-state index in [4.69, 9.17) is 0 Å². The van der Waals surface area contributed by atoms with E-state index in [1.807, 2.05) is 25.1 Å². The molecule has 112 valence electrons. The summed E-state index contributed by atoms with van der Waals surface area (Å²) in [6.07, 6.45) is 0. The third kappa shape index (κ3) is 2.76. The number of para-hydroxylation sites is 2. The van der Waals surface area contributed by atoms with Crippen LogP contribution in [0, 0.1) is 17.0 Å². The molecule has 0 unspecified atom stereocenters. The van der Waals surface area contributed by atoms with Crippen molar-refractivity contribution >= 4 is 22.4 Å². The molecule has 1 heterocycles. The summed E-state index contributed by atoms with van der Waals surface area (Å²) in [6.45, 7) is 3.49. The van der Waals surface area contributed by atoms with E-state index in [0.29, 0.717) is 0 Å². The molecule has 0 fully saturated rings. The van der Waals surface area contributed by atoms with Gasteiger partial charge in [0.1, 0.15) is 5.82 Å². The topological polar surface area (TPSA) is 73.0 Å². The molecule has 0 aliphatic heterocycles. The molecule has 0 amide bonds. The fourth-order valence-electron chi connectivity index (χ4n) is 2.49. The molecule has 3 aromatic rings. The number of hydrogen-bond acceptors (Lipinski definition) is 4. The zero-order valence-electron chi connectivity index (χ0n) is 12.2. The minimum atomic E-state index is -0.398. The Bertz CT molecular complexity index is 809. The lowest BCUT2D eigenvalue weighted by molar-refractivity contribution is -0.384. The number of nitrogens with zero attached hydrogens (tertiary/aromatic N) is 3. The van der Waals surface area contributed by atoms with Crippen LogP contribution in [0.2, 0.25) is 0 Å². The van der Waals surface area contributed by atoms with Gasteiger partial charge in [-0.1, -0.05) is 12.1 Å². The van der Waals surface area contributed by atoms with E-state index in [2.05, 4.69) is 20.9 Å². The smallest absolute Gasteiger partial charge is 0.269 e. The fraction of sp³-hybridized carbons (Fsp3) is 0.188. The molecule has 1 N–H and O–H groups in total. The summed E-state index contributed by atoms with van der Waals surface area (Å²) in [7, 11) is 0. The number of aryl methyl sites for hydroxylation is 1. The number of nitro groups is 1. The largest absolute Gasteiger partial charge is 0.383 e. The van der Waals surface area contributed by atoms with E-state index in [0.717, 1.165) is 35.6 Å². The second-order valence-electron chi connectivity index (χ2n) is 5.03. The average Bonchev–Trinajstić information content (AvgIpc) is 2.84. The Morgan fingerprint density at radius 2 is 1.91 bits per heavy atom. The number of rotatable bonds is 5. The van der Waals surface area contributed by atoms with Gasteiger partial charge in [-0.2, -0.15) is 0 Å². The van der Waals surface area contributed by atoms with E-state index in [9.17, 15) is 10.1 Å². The zero-order valence-corrected chi connectivity index (χ0v) is 12.2. The number of aromatic nitrogens is 2. The normalized spacial score (nSPS) is 10.8. The van der Waals surface area contributed by atoms with E-state index in [1.54, 1.807) is 12.1 Å². The Hall–Kier alpha value is -2.89. The number of hydrogen-bond donors (Lipinski definition) is 1. The van der Waals surface area contributed by atoms with Crippen molar-refractivity contribution in [1.82, 2.24) is 9.55 Å². The van der Waals surface area contributed by atoms with Gasteiger partial charge in [0.25, 0.3) is 5.69 Å². The molecule has 0 aliphatic carbocycles. The van der Waals surface area contributed by atoms with E-state index < -0.39 is 4.92 Å². The standard InChI is InChI=1S/C16H16N4O2/c1-12-18-15-4-2-3-5-16(15)19(12)11-10-17-13-6-8-14(9-7-13)20(21)22/h2-9,17H,10-11H2,1H3. The predicted molar refractivity (Wildman–Crippen MR) is 86.1 cm³/mol. The molecule has 0 bridgehead atoms. The van der Waals surface area contributed by atoms with Crippen molar-refractivity contribution in [2.75, 3.05) is 11.9 Å². The second kappa shape index (κ2) is 5.85. The van der Waals surface area contributed by atoms with E-state index in [1.165, 1.54) is 12.1 Å². The van der Waals surface area contributed by atoms with Crippen molar-refractivity contribution in [2.45, 2.75) is 13.5 Å². The van der Waals surface area contributed by atoms with Crippen LogP contribution in [-0.4, -0.2) is 21.0 Å². The zero-order chi connectivity index (χ0) is 15.5. The quantitative estimate of drug-likeness (QED) is 0.578. The van der Waals surface area contributed by atoms with Crippen LogP contribution in [0.4, 0.5) is 11.4 Å². The summed E-state index contributed by atoms with van der Waals surface area (Å²) in [5.74, 6) is 0.978. The monoisotopic (exact) mass is 296 g/mol. The Labute approximate surface area is 127 Å². The van der Waals surface area contributed by atoms with Crippen molar-refractivity contribution in [3.63, 3.8) is 0 Å². The van der Waals surface area contributed by atoms with E-state index >= 15 is 0 Å². The van der Waals surface area contributed by atoms with Gasteiger partial charge in [0.15, 0.2) is 0 Å². The van der Waals surface area contributed by atoms with Gasteiger partial charge < -0.3 is 9.88 Å². The Kier molecular flexibility index (Phi) is 3.74. The highest BCUT2D eigenvalue weighted by atomic mass is 16.6. The van der Waals surface area contributed by atoms with Crippen LogP contribution in [0.25, 0.3) is 11.0 Å². The maximum Gasteiger partial charge on any atom is 0.269 e.